The number of pyridine rings is 1. The van der Waals surface area contributed by atoms with Crippen LogP contribution in [0.25, 0.3) is 0 Å². The summed E-state index contributed by atoms with van der Waals surface area (Å²) in [4.78, 5) is 18.2. The van der Waals surface area contributed by atoms with Crippen LogP contribution in [0.3, 0.4) is 0 Å². The van der Waals surface area contributed by atoms with Crippen LogP contribution < -0.4 is 4.90 Å². The van der Waals surface area contributed by atoms with Crippen molar-refractivity contribution in [3.63, 3.8) is 0 Å². The predicted molar refractivity (Wildman–Crippen MR) is 106 cm³/mol. The Balaban J connectivity index is 1.74. The van der Waals surface area contributed by atoms with Crippen LogP contribution in [0.4, 0.5) is 5.82 Å². The number of H-pyrrole nitrogens is 1. The van der Waals surface area contributed by atoms with E-state index >= 15 is 0 Å². The van der Waals surface area contributed by atoms with Gasteiger partial charge in [-0.1, -0.05) is 25.1 Å². The molecule has 0 bridgehead atoms. The topological polar surface area (TPSA) is 142 Å². The predicted octanol–water partition coefficient (Wildman–Crippen LogP) is 0.901. The Hall–Kier alpha value is -2.56. The second-order valence-corrected chi connectivity index (χ2v) is 10.4. The zero-order chi connectivity index (χ0) is 21.2. The maximum absolute atomic E-state index is 11.9. The molecule has 11 heteroatoms. The number of aromatic nitrogens is 5. The van der Waals surface area contributed by atoms with Crippen molar-refractivity contribution in [2.45, 2.75) is 37.9 Å². The highest BCUT2D eigenvalue weighted by Gasteiger charge is 2.36. The summed E-state index contributed by atoms with van der Waals surface area (Å²) in [6.07, 6.45) is 3.87. The van der Waals surface area contributed by atoms with E-state index in [2.05, 4.69) is 25.6 Å². The van der Waals surface area contributed by atoms with E-state index in [1.54, 1.807) is 6.20 Å². The van der Waals surface area contributed by atoms with Crippen molar-refractivity contribution in [1.82, 2.24) is 25.6 Å². The average molecular weight is 423 g/mol. The number of hydrogen-bond acceptors (Lipinski definition) is 8. The molecule has 2 N–H and O–H groups in total. The third-order valence-corrected chi connectivity index (χ3v) is 6.77. The molecule has 1 saturated heterocycles. The smallest absolute Gasteiger partial charge is 0.307 e. The number of anilines is 1. The minimum atomic E-state index is -3.03. The Kier molecular flexibility index (Phi) is 6.15. The van der Waals surface area contributed by atoms with Gasteiger partial charge in [-0.3, -0.25) is 4.79 Å². The van der Waals surface area contributed by atoms with Crippen LogP contribution in [-0.4, -0.2) is 69.7 Å². The molecule has 2 aromatic rings. The van der Waals surface area contributed by atoms with Gasteiger partial charge in [0.05, 0.1) is 11.2 Å². The molecule has 158 valence electrons. The molecule has 0 radical (unpaired) electrons. The standard InChI is InChI=1S/C18H26N6O4S/c1-11(2)6-15(18(25)26)14(17-20-22-23-21-17)7-12-4-5-16(19-8-12)24-9-13(10-24)29(3,27)28/h4-5,8,11,13-15H,6-7,9-10H2,1-3H3,(H,25,26)(H,20,21,22,23). The largest absolute Gasteiger partial charge is 0.481 e. The minimum Gasteiger partial charge on any atom is -0.481 e. The van der Waals surface area contributed by atoms with E-state index in [0.717, 1.165) is 5.56 Å². The maximum Gasteiger partial charge on any atom is 0.307 e. The molecule has 0 aliphatic carbocycles. The third kappa shape index (κ3) is 5.08. The fraction of sp³-hybridized carbons (Fsp3) is 0.611. The minimum absolute atomic E-state index is 0.209. The fourth-order valence-electron chi connectivity index (χ4n) is 3.56. The quantitative estimate of drug-likeness (QED) is 0.602. The zero-order valence-electron chi connectivity index (χ0n) is 16.7. The molecule has 3 rings (SSSR count). The van der Waals surface area contributed by atoms with Crippen molar-refractivity contribution in [2.24, 2.45) is 11.8 Å². The first-order valence-electron chi connectivity index (χ1n) is 9.50. The summed E-state index contributed by atoms with van der Waals surface area (Å²) in [6.45, 7) is 4.84. The highest BCUT2D eigenvalue weighted by Crippen LogP contribution is 2.31. The summed E-state index contributed by atoms with van der Waals surface area (Å²) in [6, 6.07) is 3.72. The van der Waals surface area contributed by atoms with Crippen molar-refractivity contribution >= 4 is 21.6 Å². The molecule has 0 spiro atoms. The van der Waals surface area contributed by atoms with E-state index in [0.29, 0.717) is 37.6 Å². The van der Waals surface area contributed by atoms with Gasteiger partial charge in [0, 0.05) is 31.5 Å². The molecule has 2 aromatic heterocycles. The van der Waals surface area contributed by atoms with E-state index in [4.69, 9.17) is 0 Å². The summed E-state index contributed by atoms with van der Waals surface area (Å²) in [5, 5.41) is 23.5. The van der Waals surface area contributed by atoms with Crippen LogP contribution in [0.2, 0.25) is 0 Å². The molecule has 29 heavy (non-hydrogen) atoms. The zero-order valence-corrected chi connectivity index (χ0v) is 17.5. The summed E-state index contributed by atoms with van der Waals surface area (Å²) in [5.41, 5.74) is 0.860. The van der Waals surface area contributed by atoms with E-state index in [1.807, 2.05) is 30.9 Å². The number of carboxylic acid groups (broad SMARTS) is 1. The SMILES string of the molecule is CC(C)CC(C(=O)O)C(Cc1ccc(N2CC(S(C)(=O)=O)C2)nc1)c1nn[nH]n1. The summed E-state index contributed by atoms with van der Waals surface area (Å²) in [7, 11) is -3.03. The maximum atomic E-state index is 11.9. The molecular formula is C18H26N6O4S. The first-order valence-corrected chi connectivity index (χ1v) is 11.5. The number of nitrogens with one attached hydrogen (secondary N) is 1. The number of aromatic amines is 1. The molecule has 0 saturated carbocycles. The highest BCUT2D eigenvalue weighted by atomic mass is 32.2. The van der Waals surface area contributed by atoms with E-state index in [-0.39, 0.29) is 11.2 Å². The van der Waals surface area contributed by atoms with Gasteiger partial charge in [0.2, 0.25) is 0 Å². The van der Waals surface area contributed by atoms with Crippen molar-refractivity contribution in [3.8, 4) is 0 Å². The number of rotatable bonds is 9. The molecule has 1 fully saturated rings. The molecule has 10 nitrogen and oxygen atoms in total. The lowest BCUT2D eigenvalue weighted by Gasteiger charge is -2.38. The molecule has 1 aliphatic rings. The second kappa shape index (κ2) is 8.44. The molecular weight excluding hydrogens is 396 g/mol. The number of tetrazole rings is 1. The van der Waals surface area contributed by atoms with Crippen LogP contribution in [-0.2, 0) is 21.1 Å². The summed E-state index contributed by atoms with van der Waals surface area (Å²) >= 11 is 0. The number of nitrogens with zero attached hydrogens (tertiary/aromatic N) is 5. The lowest BCUT2D eigenvalue weighted by Crippen LogP contribution is -2.54. The lowest BCUT2D eigenvalue weighted by atomic mass is 9.81. The Labute approximate surface area is 169 Å². The Morgan fingerprint density at radius 2 is 2.07 bits per heavy atom. The van der Waals surface area contributed by atoms with Gasteiger partial charge >= 0.3 is 5.97 Å². The van der Waals surface area contributed by atoms with Crippen molar-refractivity contribution < 1.29 is 18.3 Å². The van der Waals surface area contributed by atoms with Gasteiger partial charge in [-0.15, -0.1) is 10.2 Å². The number of hydrogen-bond donors (Lipinski definition) is 2. The Morgan fingerprint density at radius 3 is 2.55 bits per heavy atom. The van der Waals surface area contributed by atoms with Gasteiger partial charge in [-0.2, -0.15) is 5.21 Å². The highest BCUT2D eigenvalue weighted by molar-refractivity contribution is 7.91. The first kappa shape index (κ1) is 21.2. The van der Waals surface area contributed by atoms with Gasteiger partial charge < -0.3 is 10.0 Å². The molecule has 0 amide bonds. The number of aliphatic carboxylic acids is 1. The summed E-state index contributed by atoms with van der Waals surface area (Å²) in [5.74, 6) is -0.661. The second-order valence-electron chi connectivity index (χ2n) is 8.04. The van der Waals surface area contributed by atoms with Crippen LogP contribution in [0, 0.1) is 11.8 Å². The molecule has 2 unspecified atom stereocenters. The van der Waals surface area contributed by atoms with Crippen LogP contribution in [0.15, 0.2) is 18.3 Å². The fourth-order valence-corrected chi connectivity index (χ4v) is 4.46. The monoisotopic (exact) mass is 422 g/mol. The molecule has 0 aromatic carbocycles. The first-order chi connectivity index (χ1) is 13.6. The van der Waals surface area contributed by atoms with E-state index in [1.165, 1.54) is 6.26 Å². The van der Waals surface area contributed by atoms with E-state index in [9.17, 15) is 18.3 Å². The molecule has 2 atom stereocenters. The normalized spacial score (nSPS) is 17.2. The van der Waals surface area contributed by atoms with Gasteiger partial charge in [-0.05, 0) is 30.4 Å². The van der Waals surface area contributed by atoms with Crippen molar-refractivity contribution in [1.29, 1.82) is 0 Å². The van der Waals surface area contributed by atoms with Crippen LogP contribution in [0.5, 0.6) is 0 Å². The van der Waals surface area contributed by atoms with Crippen molar-refractivity contribution in [2.75, 3.05) is 24.2 Å². The number of carboxylic acids is 1. The van der Waals surface area contributed by atoms with Crippen molar-refractivity contribution in [3.05, 3.63) is 29.7 Å². The Bertz CT molecular complexity index is 924. The molecule has 3 heterocycles. The number of sulfone groups is 1. The van der Waals surface area contributed by atoms with E-state index < -0.39 is 27.6 Å². The van der Waals surface area contributed by atoms with Crippen LogP contribution in [0.1, 0.15) is 37.6 Å². The Morgan fingerprint density at radius 1 is 1.34 bits per heavy atom. The van der Waals surface area contributed by atoms with Gasteiger partial charge in [0.1, 0.15) is 5.82 Å². The average Bonchev–Trinajstić information content (AvgIpc) is 3.10. The summed E-state index contributed by atoms with van der Waals surface area (Å²) < 4.78 is 23.1. The molecule has 1 aliphatic heterocycles. The van der Waals surface area contributed by atoms with Crippen LogP contribution >= 0.6 is 0 Å². The van der Waals surface area contributed by atoms with Gasteiger partial charge in [0.15, 0.2) is 15.7 Å². The third-order valence-electron chi connectivity index (χ3n) is 5.26. The lowest BCUT2D eigenvalue weighted by molar-refractivity contribution is -0.143. The van der Waals surface area contributed by atoms with Gasteiger partial charge in [-0.25, -0.2) is 13.4 Å². The van der Waals surface area contributed by atoms with Gasteiger partial charge in [0.25, 0.3) is 0 Å². The number of carbonyl (C=O) groups is 1.